The number of nitro groups is 1. The van der Waals surface area contributed by atoms with Crippen LogP contribution in [0.2, 0.25) is 0 Å². The number of fused-ring (bicyclic) bond motifs is 1. The van der Waals surface area contributed by atoms with Gasteiger partial charge in [0.1, 0.15) is 11.3 Å². The highest BCUT2D eigenvalue weighted by Gasteiger charge is 2.28. The van der Waals surface area contributed by atoms with E-state index in [-0.39, 0.29) is 28.8 Å². The number of ether oxygens (including phenoxy) is 2. The maximum Gasteiger partial charge on any atom is 0.410 e. The van der Waals surface area contributed by atoms with Crippen LogP contribution in [-0.2, 0) is 16.0 Å². The molecule has 0 aliphatic carbocycles. The number of nitrogens with one attached hydrogen (secondary N) is 1. The molecule has 10 nitrogen and oxygen atoms in total. The number of methoxy groups -OCH3 is 1. The Kier molecular flexibility index (Phi) is 7.22. The molecule has 10 heteroatoms. The van der Waals surface area contributed by atoms with Crippen LogP contribution in [0.3, 0.4) is 0 Å². The number of likely N-dealkylation sites (tertiary alicyclic amines) is 1. The minimum Gasteiger partial charge on any atom is -0.444 e. The average Bonchev–Trinajstić information content (AvgIpc) is 2.93. The molecule has 3 rings (SSSR count). The lowest BCUT2D eigenvalue weighted by atomic mass is 10.1. The molecule has 1 aliphatic rings. The molecule has 1 fully saturated rings. The summed E-state index contributed by atoms with van der Waals surface area (Å²) >= 11 is 0. The highest BCUT2D eigenvalue weighted by Crippen LogP contribution is 2.32. The van der Waals surface area contributed by atoms with E-state index in [1.807, 2.05) is 27.7 Å². The fraction of sp³-hybridized carbons (Fsp3) is 0.636. The third kappa shape index (κ3) is 5.87. The molecule has 1 aromatic carbocycles. The molecule has 2 heterocycles. The highest BCUT2D eigenvalue weighted by molar-refractivity contribution is 5.87. The number of amides is 1. The van der Waals surface area contributed by atoms with Crippen molar-refractivity contribution in [1.82, 2.24) is 14.7 Å². The van der Waals surface area contributed by atoms with Crippen LogP contribution >= 0.6 is 0 Å². The van der Waals surface area contributed by atoms with Crippen LogP contribution in [0.15, 0.2) is 18.3 Å². The minimum atomic E-state index is -0.576. The fourth-order valence-electron chi connectivity index (χ4n) is 3.82. The molecule has 1 N–H and O–H groups in total. The summed E-state index contributed by atoms with van der Waals surface area (Å²) < 4.78 is 12.7. The van der Waals surface area contributed by atoms with E-state index < -0.39 is 5.60 Å². The van der Waals surface area contributed by atoms with E-state index in [4.69, 9.17) is 9.47 Å². The number of hydrogen-bond acceptors (Lipinski definition) is 7. The Morgan fingerprint density at radius 2 is 2.12 bits per heavy atom. The zero-order valence-electron chi connectivity index (χ0n) is 19.5. The van der Waals surface area contributed by atoms with Crippen LogP contribution in [0, 0.1) is 10.1 Å². The molecule has 0 bridgehead atoms. The summed E-state index contributed by atoms with van der Waals surface area (Å²) in [5, 5.41) is 20.2. The van der Waals surface area contributed by atoms with Gasteiger partial charge in [-0.3, -0.25) is 14.8 Å². The van der Waals surface area contributed by atoms with Crippen LogP contribution in [-0.4, -0.2) is 63.6 Å². The van der Waals surface area contributed by atoms with Crippen LogP contribution in [0.4, 0.5) is 16.2 Å². The van der Waals surface area contributed by atoms with Crippen molar-refractivity contribution in [3.05, 3.63) is 28.4 Å². The molecule has 1 amide bonds. The number of carbonyl (C=O) groups is 1. The number of hydrogen-bond donors (Lipinski definition) is 1. The van der Waals surface area contributed by atoms with Gasteiger partial charge in [-0.15, -0.1) is 0 Å². The Hall–Kier alpha value is -2.88. The van der Waals surface area contributed by atoms with Crippen LogP contribution < -0.4 is 5.32 Å². The molecule has 2 atom stereocenters. The Morgan fingerprint density at radius 3 is 2.78 bits per heavy atom. The predicted octanol–water partition coefficient (Wildman–Crippen LogP) is 4.18. The normalized spacial score (nSPS) is 18.3. The van der Waals surface area contributed by atoms with Crippen LogP contribution in [0.25, 0.3) is 10.9 Å². The Balaban J connectivity index is 1.86. The summed E-state index contributed by atoms with van der Waals surface area (Å²) in [6.07, 6.45) is 3.80. The molecule has 32 heavy (non-hydrogen) atoms. The van der Waals surface area contributed by atoms with Crippen molar-refractivity contribution in [2.75, 3.05) is 25.5 Å². The third-order valence-electron chi connectivity index (χ3n) is 5.47. The summed E-state index contributed by atoms with van der Waals surface area (Å²) in [7, 11) is 1.64. The van der Waals surface area contributed by atoms with Gasteiger partial charge in [0.05, 0.1) is 29.3 Å². The molecule has 0 saturated carbocycles. The maximum absolute atomic E-state index is 12.6. The molecular formula is C22H33N5O5. The van der Waals surface area contributed by atoms with Crippen molar-refractivity contribution in [2.45, 2.75) is 71.2 Å². The first-order chi connectivity index (χ1) is 15.1. The van der Waals surface area contributed by atoms with Gasteiger partial charge in [-0.2, -0.15) is 5.10 Å². The lowest BCUT2D eigenvalue weighted by Crippen LogP contribution is -2.42. The molecule has 1 aromatic heterocycles. The number of nitro benzene ring substituents is 1. The topological polar surface area (TPSA) is 112 Å². The largest absolute Gasteiger partial charge is 0.444 e. The molecule has 0 unspecified atom stereocenters. The first-order valence-corrected chi connectivity index (χ1v) is 11.0. The molecule has 1 aliphatic heterocycles. The van der Waals surface area contributed by atoms with Crippen molar-refractivity contribution in [3.8, 4) is 0 Å². The van der Waals surface area contributed by atoms with Crippen molar-refractivity contribution in [3.63, 3.8) is 0 Å². The predicted molar refractivity (Wildman–Crippen MR) is 122 cm³/mol. The van der Waals surface area contributed by atoms with Gasteiger partial charge in [-0.05, 0) is 53.0 Å². The number of rotatable bonds is 6. The molecule has 0 radical (unpaired) electrons. The van der Waals surface area contributed by atoms with Crippen molar-refractivity contribution >= 4 is 28.4 Å². The van der Waals surface area contributed by atoms with Crippen molar-refractivity contribution in [2.24, 2.45) is 0 Å². The van der Waals surface area contributed by atoms with Gasteiger partial charge < -0.3 is 19.7 Å². The van der Waals surface area contributed by atoms with E-state index >= 15 is 0 Å². The molecule has 176 valence electrons. The molecule has 2 aromatic rings. The van der Waals surface area contributed by atoms with Gasteiger partial charge in [0.15, 0.2) is 0 Å². The smallest absolute Gasteiger partial charge is 0.410 e. The first-order valence-electron chi connectivity index (χ1n) is 11.0. The highest BCUT2D eigenvalue weighted by atomic mass is 16.6. The zero-order valence-corrected chi connectivity index (χ0v) is 19.5. The van der Waals surface area contributed by atoms with E-state index in [0.29, 0.717) is 30.7 Å². The van der Waals surface area contributed by atoms with Crippen LogP contribution in [0.1, 0.15) is 47.0 Å². The summed E-state index contributed by atoms with van der Waals surface area (Å²) in [6.45, 7) is 9.02. The van der Waals surface area contributed by atoms with E-state index in [2.05, 4.69) is 10.4 Å². The van der Waals surface area contributed by atoms with E-state index in [1.165, 1.54) is 0 Å². The lowest BCUT2D eigenvalue weighted by molar-refractivity contribution is -0.383. The zero-order chi connectivity index (χ0) is 23.5. The van der Waals surface area contributed by atoms with Crippen LogP contribution in [0.5, 0.6) is 0 Å². The second-order valence-corrected chi connectivity index (χ2v) is 9.32. The second kappa shape index (κ2) is 9.72. The fourth-order valence-corrected chi connectivity index (χ4v) is 3.82. The second-order valence-electron chi connectivity index (χ2n) is 9.32. The van der Waals surface area contributed by atoms with E-state index in [9.17, 15) is 14.9 Å². The number of carbonyl (C=O) groups excluding carboxylic acids is 1. The van der Waals surface area contributed by atoms with Gasteiger partial charge in [-0.1, -0.05) is 0 Å². The maximum atomic E-state index is 12.6. The monoisotopic (exact) mass is 447 g/mol. The van der Waals surface area contributed by atoms with Crippen molar-refractivity contribution < 1.29 is 19.2 Å². The van der Waals surface area contributed by atoms with Gasteiger partial charge in [0, 0.05) is 37.7 Å². The van der Waals surface area contributed by atoms with Crippen molar-refractivity contribution in [1.29, 1.82) is 0 Å². The molecule has 1 saturated heterocycles. The Morgan fingerprint density at radius 1 is 1.38 bits per heavy atom. The Bertz CT molecular complexity index is 968. The standard InChI is InChI=1S/C22H33N5O5/c1-15(31-5)13-26-19-11-18(20(27(29)30)10-16(19)12-23-26)24-17-8-6-7-9-25(14-17)21(28)32-22(2,3)4/h10-12,15,17,24H,6-9,13-14H2,1-5H3/t15-,17+/m0/s1. The number of benzene rings is 1. The third-order valence-corrected chi connectivity index (χ3v) is 5.47. The average molecular weight is 448 g/mol. The van der Waals surface area contributed by atoms with Gasteiger partial charge in [-0.25, -0.2) is 4.79 Å². The van der Waals surface area contributed by atoms with Gasteiger partial charge in [0.25, 0.3) is 5.69 Å². The summed E-state index contributed by atoms with van der Waals surface area (Å²) in [6, 6.07) is 3.18. The summed E-state index contributed by atoms with van der Waals surface area (Å²) in [5.41, 5.74) is 0.628. The quantitative estimate of drug-likeness (QED) is 0.522. The van der Waals surface area contributed by atoms with E-state index in [1.54, 1.807) is 35.0 Å². The first kappa shape index (κ1) is 23.8. The molecule has 0 spiro atoms. The SMILES string of the molecule is CO[C@@H](C)Cn1ncc2cc([N+](=O)[O-])c(N[C@@H]3CCCCN(C(=O)OC(C)(C)C)C3)cc21. The molecular weight excluding hydrogens is 414 g/mol. The summed E-state index contributed by atoms with van der Waals surface area (Å²) in [5.74, 6) is 0. The van der Waals surface area contributed by atoms with Gasteiger partial charge in [0.2, 0.25) is 0 Å². The Labute approximate surface area is 188 Å². The minimum absolute atomic E-state index is 0.00935. The summed E-state index contributed by atoms with van der Waals surface area (Å²) in [4.78, 5) is 25.7. The van der Waals surface area contributed by atoms with E-state index in [0.717, 1.165) is 24.8 Å². The lowest BCUT2D eigenvalue weighted by Gasteiger charge is -2.29. The number of aromatic nitrogens is 2. The number of anilines is 1. The van der Waals surface area contributed by atoms with Gasteiger partial charge >= 0.3 is 6.09 Å². The number of nitrogens with zero attached hydrogens (tertiary/aromatic N) is 4.